The van der Waals surface area contributed by atoms with E-state index >= 15 is 8.78 Å². The Morgan fingerprint density at radius 1 is 1.29 bits per heavy atom. The van der Waals surface area contributed by atoms with E-state index in [1.54, 1.807) is 6.92 Å². The maximum Gasteiger partial charge on any atom is 0.391 e. The number of aliphatic hydroxyl groups excluding tert-OH is 1. The highest BCUT2D eigenvalue weighted by Gasteiger charge is 2.46. The van der Waals surface area contributed by atoms with E-state index in [9.17, 15) is 23.1 Å². The molecule has 2 N–H and O–H groups in total. The van der Waals surface area contributed by atoms with Gasteiger partial charge in [-0.1, -0.05) is 0 Å². The molecule has 3 rings (SSSR count). The summed E-state index contributed by atoms with van der Waals surface area (Å²) in [5.74, 6) is -2.62. The first-order valence-electron chi connectivity index (χ1n) is 12.1. The standard InChI is InChI=1S/C23H34F5N5O2/c1-3-33(13-22(25)7-4-17(5-8-22)23(26,27)28)21-19(24)20(30-14-31-21)29-10-16-6-9-32(11-15(2)34)12-18(16)35/h14,16-18,35H,3-13H2,1-2H3,(H,29,30,31). The van der Waals surface area contributed by atoms with Crippen LogP contribution in [0.1, 0.15) is 46.0 Å². The van der Waals surface area contributed by atoms with E-state index in [2.05, 4.69) is 15.3 Å². The van der Waals surface area contributed by atoms with Gasteiger partial charge in [-0.05, 0) is 52.5 Å². The number of halogens is 5. The van der Waals surface area contributed by atoms with Gasteiger partial charge in [0.15, 0.2) is 11.6 Å². The lowest BCUT2D eigenvalue weighted by molar-refractivity contribution is -0.187. The van der Waals surface area contributed by atoms with Gasteiger partial charge in [0.1, 0.15) is 17.8 Å². The Labute approximate surface area is 202 Å². The Bertz CT molecular complexity index is 863. The Kier molecular flexibility index (Phi) is 8.90. The fourth-order valence-electron chi connectivity index (χ4n) is 4.97. The molecule has 12 heteroatoms. The summed E-state index contributed by atoms with van der Waals surface area (Å²) in [5, 5.41) is 13.3. The molecular weight excluding hydrogens is 473 g/mol. The Morgan fingerprint density at radius 3 is 2.54 bits per heavy atom. The van der Waals surface area contributed by atoms with Crippen LogP contribution < -0.4 is 10.2 Å². The number of hydrogen-bond donors (Lipinski definition) is 2. The number of alkyl halides is 4. The average molecular weight is 508 g/mol. The molecule has 0 bridgehead atoms. The highest BCUT2D eigenvalue weighted by Crippen LogP contribution is 2.43. The molecule has 0 radical (unpaired) electrons. The summed E-state index contributed by atoms with van der Waals surface area (Å²) in [5.41, 5.74) is -1.86. The summed E-state index contributed by atoms with van der Waals surface area (Å²) in [6.07, 6.45) is -4.31. The van der Waals surface area contributed by atoms with E-state index in [4.69, 9.17) is 0 Å². The Hall–Kier alpha value is -2.08. The molecule has 1 aliphatic carbocycles. The predicted molar refractivity (Wildman–Crippen MR) is 121 cm³/mol. The molecule has 1 saturated carbocycles. The first kappa shape index (κ1) is 27.5. The molecule has 198 valence electrons. The van der Waals surface area contributed by atoms with Crippen LogP contribution in [-0.2, 0) is 4.79 Å². The van der Waals surface area contributed by atoms with Crippen molar-refractivity contribution < 1.29 is 31.9 Å². The highest BCUT2D eigenvalue weighted by molar-refractivity contribution is 5.77. The van der Waals surface area contributed by atoms with E-state index in [0.717, 1.165) is 6.33 Å². The average Bonchev–Trinajstić information content (AvgIpc) is 2.77. The van der Waals surface area contributed by atoms with E-state index in [1.165, 1.54) is 11.8 Å². The smallest absolute Gasteiger partial charge is 0.391 e. The number of ketones is 1. The van der Waals surface area contributed by atoms with Gasteiger partial charge in [-0.15, -0.1) is 0 Å². The predicted octanol–water partition coefficient (Wildman–Crippen LogP) is 3.59. The van der Waals surface area contributed by atoms with Crippen LogP contribution in [0.25, 0.3) is 0 Å². The number of rotatable bonds is 9. The SMILES string of the molecule is CCN(CC1(F)CCC(C(F)(F)F)CC1)c1ncnc(NCC2CCN(CC(C)=O)CC2O)c1F. The fraction of sp³-hybridized carbons (Fsp3) is 0.783. The number of aromatic nitrogens is 2. The Balaban J connectivity index is 1.61. The maximum absolute atomic E-state index is 15.4. The van der Waals surface area contributed by atoms with Crippen LogP contribution in [0.5, 0.6) is 0 Å². The molecular formula is C23H34F5N5O2. The molecule has 2 heterocycles. The zero-order valence-electron chi connectivity index (χ0n) is 20.1. The topological polar surface area (TPSA) is 81.6 Å². The molecule has 2 atom stereocenters. The zero-order valence-corrected chi connectivity index (χ0v) is 20.1. The molecule has 0 amide bonds. The van der Waals surface area contributed by atoms with Gasteiger partial charge < -0.3 is 15.3 Å². The lowest BCUT2D eigenvalue weighted by Gasteiger charge is -2.38. The van der Waals surface area contributed by atoms with Crippen molar-refractivity contribution in [2.75, 3.05) is 49.5 Å². The van der Waals surface area contributed by atoms with Crippen molar-refractivity contribution in [2.45, 2.75) is 63.9 Å². The Morgan fingerprint density at radius 2 is 1.97 bits per heavy atom. The highest BCUT2D eigenvalue weighted by atomic mass is 19.4. The normalized spacial score (nSPS) is 28.1. The first-order chi connectivity index (χ1) is 16.4. The van der Waals surface area contributed by atoms with Gasteiger partial charge >= 0.3 is 6.18 Å². The van der Waals surface area contributed by atoms with Crippen LogP contribution in [0.4, 0.5) is 33.6 Å². The largest absolute Gasteiger partial charge is 0.391 e. The monoisotopic (exact) mass is 507 g/mol. The van der Waals surface area contributed by atoms with Crippen LogP contribution in [0, 0.1) is 17.7 Å². The van der Waals surface area contributed by atoms with Crippen molar-refractivity contribution in [3.63, 3.8) is 0 Å². The summed E-state index contributed by atoms with van der Waals surface area (Å²) >= 11 is 0. The van der Waals surface area contributed by atoms with Crippen LogP contribution in [0.3, 0.4) is 0 Å². The summed E-state index contributed by atoms with van der Waals surface area (Å²) < 4.78 is 69.5. The van der Waals surface area contributed by atoms with E-state index < -0.39 is 29.7 Å². The number of piperidine rings is 1. The van der Waals surface area contributed by atoms with Gasteiger partial charge in [0.05, 0.1) is 25.1 Å². The third kappa shape index (κ3) is 7.22. The van der Waals surface area contributed by atoms with Crippen molar-refractivity contribution >= 4 is 17.4 Å². The molecule has 0 aromatic carbocycles. The molecule has 7 nitrogen and oxygen atoms in total. The molecule has 1 saturated heterocycles. The fourth-order valence-corrected chi connectivity index (χ4v) is 4.97. The zero-order chi connectivity index (χ0) is 25.8. The minimum atomic E-state index is -4.33. The first-order valence-corrected chi connectivity index (χ1v) is 12.1. The number of hydrogen-bond acceptors (Lipinski definition) is 7. The number of nitrogens with one attached hydrogen (secondary N) is 1. The molecule has 1 aromatic heterocycles. The van der Waals surface area contributed by atoms with Gasteiger partial charge in [-0.25, -0.2) is 14.4 Å². The van der Waals surface area contributed by atoms with Gasteiger partial charge in [-0.2, -0.15) is 17.6 Å². The van der Waals surface area contributed by atoms with Gasteiger partial charge in [0, 0.05) is 25.6 Å². The minimum Gasteiger partial charge on any atom is -0.391 e. The molecule has 0 spiro atoms. The van der Waals surface area contributed by atoms with Gasteiger partial charge in [-0.3, -0.25) is 9.69 Å². The number of β-amino-alcohol motifs (C(OH)–C–C–N with tert-alkyl or cyclic N) is 1. The molecule has 2 aliphatic rings. The minimum absolute atomic E-state index is 0.0216. The maximum atomic E-state index is 15.4. The quantitative estimate of drug-likeness (QED) is 0.495. The molecule has 35 heavy (non-hydrogen) atoms. The van der Waals surface area contributed by atoms with Crippen LogP contribution >= 0.6 is 0 Å². The van der Waals surface area contributed by atoms with Gasteiger partial charge in [0.25, 0.3) is 0 Å². The van der Waals surface area contributed by atoms with Crippen molar-refractivity contribution in [2.24, 2.45) is 11.8 Å². The molecule has 2 fully saturated rings. The van der Waals surface area contributed by atoms with Crippen LogP contribution in [0.2, 0.25) is 0 Å². The number of aliphatic hydroxyl groups is 1. The second kappa shape index (κ2) is 11.3. The second-order valence-electron chi connectivity index (χ2n) is 9.77. The lowest BCUT2D eigenvalue weighted by Crippen LogP contribution is -2.47. The van der Waals surface area contributed by atoms with Crippen molar-refractivity contribution in [1.82, 2.24) is 14.9 Å². The number of anilines is 2. The van der Waals surface area contributed by atoms with Crippen molar-refractivity contribution in [3.05, 3.63) is 12.1 Å². The van der Waals surface area contributed by atoms with Crippen LogP contribution in [-0.4, -0.2) is 83.0 Å². The third-order valence-electron chi connectivity index (χ3n) is 7.05. The van der Waals surface area contributed by atoms with Crippen LogP contribution in [0.15, 0.2) is 6.33 Å². The van der Waals surface area contributed by atoms with E-state index in [-0.39, 0.29) is 75.2 Å². The van der Waals surface area contributed by atoms with Crippen molar-refractivity contribution in [1.29, 1.82) is 0 Å². The summed E-state index contributed by atoms with van der Waals surface area (Å²) in [6, 6.07) is 0. The molecule has 1 aromatic rings. The van der Waals surface area contributed by atoms with Gasteiger partial charge in [0.2, 0.25) is 5.82 Å². The van der Waals surface area contributed by atoms with E-state index in [1.807, 2.05) is 4.90 Å². The van der Waals surface area contributed by atoms with E-state index in [0.29, 0.717) is 19.5 Å². The molecule has 1 aliphatic heterocycles. The molecule has 2 unspecified atom stereocenters. The third-order valence-corrected chi connectivity index (χ3v) is 7.05. The number of carbonyl (C=O) groups excluding carboxylic acids is 1. The second-order valence-corrected chi connectivity index (χ2v) is 9.77. The number of nitrogens with zero attached hydrogens (tertiary/aromatic N) is 4. The summed E-state index contributed by atoms with van der Waals surface area (Å²) in [6.45, 7) is 4.67. The summed E-state index contributed by atoms with van der Waals surface area (Å²) in [7, 11) is 0. The number of carbonyl (C=O) groups is 1. The lowest BCUT2D eigenvalue weighted by atomic mass is 9.79. The number of likely N-dealkylation sites (tertiary alicyclic amines) is 1. The number of Topliss-reactive ketones (excluding diaryl/α,β-unsaturated/α-hetero) is 1. The van der Waals surface area contributed by atoms with Crippen molar-refractivity contribution in [3.8, 4) is 0 Å². The summed E-state index contributed by atoms with van der Waals surface area (Å²) in [4.78, 5) is 22.5.